The van der Waals surface area contributed by atoms with E-state index in [1.54, 1.807) is 0 Å². The Hall–Kier alpha value is -1.51. The molecule has 1 amide bonds. The van der Waals surface area contributed by atoms with E-state index in [0.29, 0.717) is 6.04 Å². The zero-order chi connectivity index (χ0) is 13.8. The fourth-order valence-corrected chi connectivity index (χ4v) is 2.44. The summed E-state index contributed by atoms with van der Waals surface area (Å²) in [6, 6.07) is 6.12. The molecule has 0 heterocycles. The first-order valence-electron chi connectivity index (χ1n) is 7.23. The zero-order valence-electron chi connectivity index (χ0n) is 12.1. The predicted molar refractivity (Wildman–Crippen MR) is 79.6 cm³/mol. The van der Waals surface area contributed by atoms with Gasteiger partial charge in [0.05, 0.1) is 0 Å². The number of carbonyl (C=O) groups is 1. The predicted octanol–water partition coefficient (Wildman–Crippen LogP) is 3.35. The molecule has 0 aliphatic heterocycles. The Balaban J connectivity index is 1.99. The highest BCUT2D eigenvalue weighted by molar-refractivity contribution is 5.95. The van der Waals surface area contributed by atoms with E-state index >= 15 is 0 Å². The smallest absolute Gasteiger partial charge is 0.251 e. The van der Waals surface area contributed by atoms with Gasteiger partial charge in [-0.25, -0.2) is 0 Å². The van der Waals surface area contributed by atoms with Crippen LogP contribution in [0.5, 0.6) is 0 Å². The first kappa shape index (κ1) is 13.9. The second kappa shape index (κ2) is 6.09. The van der Waals surface area contributed by atoms with Gasteiger partial charge in [-0.3, -0.25) is 4.79 Å². The van der Waals surface area contributed by atoms with Crippen molar-refractivity contribution < 1.29 is 4.79 Å². The molecular weight excluding hydrogens is 236 g/mol. The third-order valence-corrected chi connectivity index (χ3v) is 3.90. The summed E-state index contributed by atoms with van der Waals surface area (Å²) in [7, 11) is 1.89. The molecule has 1 aromatic carbocycles. The summed E-state index contributed by atoms with van der Waals surface area (Å²) >= 11 is 0. The van der Waals surface area contributed by atoms with Crippen LogP contribution >= 0.6 is 0 Å². The van der Waals surface area contributed by atoms with E-state index in [9.17, 15) is 4.79 Å². The number of anilines is 1. The molecule has 104 valence electrons. The first-order chi connectivity index (χ1) is 9.13. The standard InChI is InChI=1S/C16H24N2O/c1-4-14(10-12-5-6-12)18-16(19)13-7-8-15(17-3)11(2)9-13/h7-9,12,14,17H,4-6,10H2,1-3H3,(H,18,19). The monoisotopic (exact) mass is 260 g/mol. The van der Waals surface area contributed by atoms with E-state index in [0.717, 1.165) is 35.6 Å². The van der Waals surface area contributed by atoms with Crippen molar-refractivity contribution in [2.24, 2.45) is 5.92 Å². The maximum absolute atomic E-state index is 12.2. The summed E-state index contributed by atoms with van der Waals surface area (Å²) in [5.41, 5.74) is 2.93. The third kappa shape index (κ3) is 3.72. The van der Waals surface area contributed by atoms with E-state index in [4.69, 9.17) is 0 Å². The molecule has 1 aliphatic rings. The van der Waals surface area contributed by atoms with Gasteiger partial charge >= 0.3 is 0 Å². The molecule has 1 fully saturated rings. The molecule has 3 heteroatoms. The van der Waals surface area contributed by atoms with Gasteiger partial charge < -0.3 is 10.6 Å². The Labute approximate surface area is 115 Å². The molecular formula is C16H24N2O. The van der Waals surface area contributed by atoms with Crippen LogP contribution in [0.15, 0.2) is 18.2 Å². The summed E-state index contributed by atoms with van der Waals surface area (Å²) in [5, 5.41) is 6.28. The molecule has 3 nitrogen and oxygen atoms in total. The molecule has 1 aromatic rings. The van der Waals surface area contributed by atoms with Gasteiger partial charge in [-0.15, -0.1) is 0 Å². The van der Waals surface area contributed by atoms with Crippen LogP contribution in [0.3, 0.4) is 0 Å². The Morgan fingerprint density at radius 3 is 2.68 bits per heavy atom. The largest absolute Gasteiger partial charge is 0.388 e. The Bertz CT molecular complexity index is 452. The Morgan fingerprint density at radius 2 is 2.16 bits per heavy atom. The van der Waals surface area contributed by atoms with E-state index in [1.807, 2.05) is 32.2 Å². The number of hydrogen-bond acceptors (Lipinski definition) is 2. The number of hydrogen-bond donors (Lipinski definition) is 2. The van der Waals surface area contributed by atoms with Crippen LogP contribution in [-0.2, 0) is 0 Å². The number of aryl methyl sites for hydroxylation is 1. The Morgan fingerprint density at radius 1 is 1.42 bits per heavy atom. The van der Waals surface area contributed by atoms with Gasteiger partial charge in [-0.2, -0.15) is 0 Å². The van der Waals surface area contributed by atoms with E-state index in [-0.39, 0.29) is 5.91 Å². The summed E-state index contributed by atoms with van der Waals surface area (Å²) in [4.78, 5) is 12.2. The van der Waals surface area contributed by atoms with Gasteiger partial charge in [-0.05, 0) is 49.4 Å². The highest BCUT2D eigenvalue weighted by Gasteiger charge is 2.25. The molecule has 0 aromatic heterocycles. The third-order valence-electron chi connectivity index (χ3n) is 3.90. The van der Waals surface area contributed by atoms with E-state index in [2.05, 4.69) is 17.6 Å². The van der Waals surface area contributed by atoms with Gasteiger partial charge in [0.2, 0.25) is 0 Å². The SMILES string of the molecule is CCC(CC1CC1)NC(=O)c1ccc(NC)c(C)c1. The number of amides is 1. The van der Waals surface area contributed by atoms with Gasteiger partial charge in [0.1, 0.15) is 0 Å². The molecule has 0 bridgehead atoms. The fraction of sp³-hybridized carbons (Fsp3) is 0.562. The summed E-state index contributed by atoms with van der Waals surface area (Å²) in [5.74, 6) is 0.900. The fourth-order valence-electron chi connectivity index (χ4n) is 2.44. The second-order valence-corrected chi connectivity index (χ2v) is 5.54. The molecule has 0 spiro atoms. The van der Waals surface area contributed by atoms with Gasteiger partial charge in [0, 0.05) is 24.3 Å². The van der Waals surface area contributed by atoms with Crippen LogP contribution in [0.2, 0.25) is 0 Å². The molecule has 1 atom stereocenters. The van der Waals surface area contributed by atoms with Crippen molar-refractivity contribution in [2.45, 2.75) is 45.6 Å². The molecule has 2 N–H and O–H groups in total. The summed E-state index contributed by atoms with van der Waals surface area (Å²) in [6.07, 6.45) is 4.82. The lowest BCUT2D eigenvalue weighted by atomic mass is 10.1. The molecule has 19 heavy (non-hydrogen) atoms. The second-order valence-electron chi connectivity index (χ2n) is 5.54. The minimum atomic E-state index is 0.0539. The quantitative estimate of drug-likeness (QED) is 0.823. The average molecular weight is 260 g/mol. The first-order valence-corrected chi connectivity index (χ1v) is 7.23. The van der Waals surface area contributed by atoms with Crippen LogP contribution in [-0.4, -0.2) is 19.0 Å². The maximum Gasteiger partial charge on any atom is 0.251 e. The van der Waals surface area contributed by atoms with Crippen LogP contribution in [0, 0.1) is 12.8 Å². The van der Waals surface area contributed by atoms with Crippen LogP contribution in [0.4, 0.5) is 5.69 Å². The molecule has 2 rings (SSSR count). The van der Waals surface area contributed by atoms with Crippen molar-refractivity contribution in [2.75, 3.05) is 12.4 Å². The molecule has 0 saturated heterocycles. The lowest BCUT2D eigenvalue weighted by Gasteiger charge is -2.17. The number of carbonyl (C=O) groups excluding carboxylic acids is 1. The summed E-state index contributed by atoms with van der Waals surface area (Å²) in [6.45, 7) is 4.16. The minimum absolute atomic E-state index is 0.0539. The lowest BCUT2D eigenvalue weighted by molar-refractivity contribution is 0.0932. The van der Waals surface area contributed by atoms with Crippen molar-refractivity contribution in [1.29, 1.82) is 0 Å². The number of rotatable bonds is 6. The van der Waals surface area contributed by atoms with Crippen LogP contribution in [0.1, 0.15) is 48.5 Å². The average Bonchev–Trinajstić information content (AvgIpc) is 3.21. The van der Waals surface area contributed by atoms with Gasteiger partial charge in [-0.1, -0.05) is 19.8 Å². The topological polar surface area (TPSA) is 41.1 Å². The van der Waals surface area contributed by atoms with Gasteiger partial charge in [0.15, 0.2) is 0 Å². The Kier molecular flexibility index (Phi) is 4.46. The molecule has 1 unspecified atom stereocenters. The highest BCUT2D eigenvalue weighted by atomic mass is 16.1. The highest BCUT2D eigenvalue weighted by Crippen LogP contribution is 2.34. The van der Waals surface area contributed by atoms with Crippen molar-refractivity contribution in [3.63, 3.8) is 0 Å². The van der Waals surface area contributed by atoms with Crippen molar-refractivity contribution >= 4 is 11.6 Å². The van der Waals surface area contributed by atoms with Crippen molar-refractivity contribution in [1.82, 2.24) is 5.32 Å². The van der Waals surface area contributed by atoms with Crippen LogP contribution in [0.25, 0.3) is 0 Å². The van der Waals surface area contributed by atoms with Crippen molar-refractivity contribution in [3.8, 4) is 0 Å². The van der Waals surface area contributed by atoms with Gasteiger partial charge in [0.25, 0.3) is 5.91 Å². The number of benzene rings is 1. The maximum atomic E-state index is 12.2. The summed E-state index contributed by atoms with van der Waals surface area (Å²) < 4.78 is 0. The molecule has 1 saturated carbocycles. The van der Waals surface area contributed by atoms with E-state index in [1.165, 1.54) is 12.8 Å². The number of nitrogens with one attached hydrogen (secondary N) is 2. The lowest BCUT2D eigenvalue weighted by Crippen LogP contribution is -2.34. The molecule has 0 radical (unpaired) electrons. The van der Waals surface area contributed by atoms with Crippen molar-refractivity contribution in [3.05, 3.63) is 29.3 Å². The normalized spacial score (nSPS) is 15.9. The van der Waals surface area contributed by atoms with E-state index < -0.39 is 0 Å². The zero-order valence-corrected chi connectivity index (χ0v) is 12.1. The van der Waals surface area contributed by atoms with Crippen LogP contribution < -0.4 is 10.6 Å². The molecule has 1 aliphatic carbocycles. The minimum Gasteiger partial charge on any atom is -0.388 e.